The second kappa shape index (κ2) is 6.47. The van der Waals surface area contributed by atoms with Gasteiger partial charge in [0.15, 0.2) is 9.84 Å². The third-order valence-corrected chi connectivity index (χ3v) is 5.67. The average Bonchev–Trinajstić information content (AvgIpc) is 2.89. The van der Waals surface area contributed by atoms with Crippen molar-refractivity contribution >= 4 is 21.2 Å². The normalized spacial score (nSPS) is 13.3. The fraction of sp³-hybridized carbons (Fsp3) is 0.357. The molecular formula is C14H18N2O2S2. The van der Waals surface area contributed by atoms with E-state index in [4.69, 9.17) is 0 Å². The molecule has 0 saturated carbocycles. The second-order valence-electron chi connectivity index (χ2n) is 4.84. The van der Waals surface area contributed by atoms with Gasteiger partial charge in [0.05, 0.1) is 16.2 Å². The number of thiazole rings is 1. The van der Waals surface area contributed by atoms with Gasteiger partial charge in [0.1, 0.15) is 0 Å². The lowest BCUT2D eigenvalue weighted by molar-refractivity contribution is 0.558. The first-order chi connectivity index (χ1) is 9.47. The van der Waals surface area contributed by atoms with E-state index < -0.39 is 9.84 Å². The quantitative estimate of drug-likeness (QED) is 0.890. The van der Waals surface area contributed by atoms with Gasteiger partial charge in [0.25, 0.3) is 0 Å². The van der Waals surface area contributed by atoms with Crippen LogP contribution in [0, 0.1) is 6.92 Å². The van der Waals surface area contributed by atoms with Crippen molar-refractivity contribution in [1.82, 2.24) is 10.3 Å². The predicted octanol–water partition coefficient (Wildman–Crippen LogP) is 2.40. The smallest absolute Gasteiger partial charge is 0.179 e. The molecule has 6 heteroatoms. The summed E-state index contributed by atoms with van der Waals surface area (Å²) in [6, 6.07) is 6.87. The summed E-state index contributed by atoms with van der Waals surface area (Å²) in [5.41, 5.74) is 2.82. The maximum Gasteiger partial charge on any atom is 0.179 e. The average molecular weight is 310 g/mol. The molecule has 0 spiro atoms. The van der Waals surface area contributed by atoms with Gasteiger partial charge in [-0.3, -0.25) is 4.98 Å². The Morgan fingerprint density at radius 3 is 2.60 bits per heavy atom. The van der Waals surface area contributed by atoms with Crippen LogP contribution in [0.25, 0.3) is 0 Å². The zero-order valence-corrected chi connectivity index (χ0v) is 13.2. The fourth-order valence-corrected chi connectivity index (χ4v) is 3.90. The number of nitrogens with zero attached hydrogens (tertiary/aromatic N) is 1. The van der Waals surface area contributed by atoms with Crippen molar-refractivity contribution in [2.75, 3.05) is 5.75 Å². The molecule has 2 aromatic rings. The number of aryl methyl sites for hydroxylation is 1. The fourth-order valence-electron chi connectivity index (χ4n) is 1.83. The molecule has 108 valence electrons. The van der Waals surface area contributed by atoms with Gasteiger partial charge in [-0.2, -0.15) is 0 Å². The molecule has 0 bridgehead atoms. The van der Waals surface area contributed by atoms with Crippen LogP contribution in [0.3, 0.4) is 0 Å². The minimum atomic E-state index is -3.24. The molecule has 2 rings (SSSR count). The molecule has 1 aromatic carbocycles. The van der Waals surface area contributed by atoms with E-state index in [0.717, 1.165) is 10.4 Å². The van der Waals surface area contributed by atoms with Gasteiger partial charge in [-0.15, -0.1) is 11.3 Å². The number of benzene rings is 1. The zero-order chi connectivity index (χ0) is 14.6. The Hall–Kier alpha value is -1.24. The van der Waals surface area contributed by atoms with Gasteiger partial charge in [0, 0.05) is 23.7 Å². The highest BCUT2D eigenvalue weighted by Crippen LogP contribution is 2.13. The number of hydrogen-bond acceptors (Lipinski definition) is 5. The SMILES string of the molecule is Cc1ccc(S(=O)(=O)CC(C)NCc2cncs2)cc1. The first kappa shape index (κ1) is 15.2. The monoisotopic (exact) mass is 310 g/mol. The molecule has 0 saturated heterocycles. The topological polar surface area (TPSA) is 59.1 Å². The predicted molar refractivity (Wildman–Crippen MR) is 81.6 cm³/mol. The van der Waals surface area contributed by atoms with E-state index in [-0.39, 0.29) is 11.8 Å². The van der Waals surface area contributed by atoms with Gasteiger partial charge in [0.2, 0.25) is 0 Å². The molecule has 0 aliphatic rings. The highest BCUT2D eigenvalue weighted by Gasteiger charge is 2.18. The zero-order valence-electron chi connectivity index (χ0n) is 11.5. The van der Waals surface area contributed by atoms with Crippen LogP contribution in [0.1, 0.15) is 17.4 Å². The lowest BCUT2D eigenvalue weighted by Crippen LogP contribution is -2.32. The molecule has 1 aromatic heterocycles. The number of hydrogen-bond donors (Lipinski definition) is 1. The third-order valence-electron chi connectivity index (χ3n) is 2.96. The highest BCUT2D eigenvalue weighted by atomic mass is 32.2. The van der Waals surface area contributed by atoms with E-state index in [9.17, 15) is 8.42 Å². The maximum atomic E-state index is 12.3. The first-order valence-electron chi connectivity index (χ1n) is 6.37. The first-order valence-corrected chi connectivity index (χ1v) is 8.91. The van der Waals surface area contributed by atoms with Crippen molar-refractivity contribution in [3.05, 3.63) is 46.4 Å². The Balaban J connectivity index is 1.95. The molecule has 0 aliphatic carbocycles. The van der Waals surface area contributed by atoms with Crippen molar-refractivity contribution in [2.45, 2.75) is 31.3 Å². The summed E-state index contributed by atoms with van der Waals surface area (Å²) < 4.78 is 24.5. The van der Waals surface area contributed by atoms with Gasteiger partial charge in [-0.05, 0) is 26.0 Å². The molecule has 20 heavy (non-hydrogen) atoms. The molecule has 0 aliphatic heterocycles. The number of aromatic nitrogens is 1. The molecule has 0 radical (unpaired) electrons. The van der Waals surface area contributed by atoms with Crippen LogP contribution in [0.5, 0.6) is 0 Å². The summed E-state index contributed by atoms with van der Waals surface area (Å²) in [5, 5.41) is 3.21. The van der Waals surface area contributed by atoms with Gasteiger partial charge in [-0.1, -0.05) is 17.7 Å². The summed E-state index contributed by atoms with van der Waals surface area (Å²) in [5.74, 6) is 0.0921. The Bertz CT molecular complexity index is 634. The van der Waals surface area contributed by atoms with E-state index in [2.05, 4.69) is 10.3 Å². The van der Waals surface area contributed by atoms with Crippen molar-refractivity contribution in [1.29, 1.82) is 0 Å². The highest BCUT2D eigenvalue weighted by molar-refractivity contribution is 7.91. The van der Waals surface area contributed by atoms with Crippen LogP contribution >= 0.6 is 11.3 Å². The molecule has 0 fully saturated rings. The molecule has 1 N–H and O–H groups in total. The minimum absolute atomic E-state index is 0.0921. The van der Waals surface area contributed by atoms with E-state index in [0.29, 0.717) is 11.4 Å². The lowest BCUT2D eigenvalue weighted by atomic mass is 10.2. The Kier molecular flexibility index (Phi) is 4.91. The Morgan fingerprint density at radius 1 is 1.30 bits per heavy atom. The summed E-state index contributed by atoms with van der Waals surface area (Å²) in [6.45, 7) is 4.47. The number of rotatable bonds is 6. The summed E-state index contributed by atoms with van der Waals surface area (Å²) >= 11 is 1.56. The molecule has 4 nitrogen and oxygen atoms in total. The standard InChI is InChI=1S/C14H18N2O2S2/c1-11-3-5-14(6-4-11)20(17,18)9-12(2)16-8-13-7-15-10-19-13/h3-7,10,12,16H,8-9H2,1-2H3. The van der Waals surface area contributed by atoms with E-state index in [1.54, 1.807) is 35.2 Å². The van der Waals surface area contributed by atoms with Crippen molar-refractivity contribution in [2.24, 2.45) is 0 Å². The maximum absolute atomic E-state index is 12.3. The number of nitrogens with one attached hydrogen (secondary N) is 1. The van der Waals surface area contributed by atoms with Gasteiger partial charge >= 0.3 is 0 Å². The number of sulfone groups is 1. The lowest BCUT2D eigenvalue weighted by Gasteiger charge is -2.13. The van der Waals surface area contributed by atoms with E-state index >= 15 is 0 Å². The van der Waals surface area contributed by atoms with Crippen LogP contribution in [0.4, 0.5) is 0 Å². The molecule has 0 amide bonds. The van der Waals surface area contributed by atoms with Gasteiger partial charge < -0.3 is 5.32 Å². The summed E-state index contributed by atoms with van der Waals surface area (Å²) in [7, 11) is -3.24. The Labute approximate surface area is 123 Å². The summed E-state index contributed by atoms with van der Waals surface area (Å²) in [6.07, 6.45) is 1.79. The largest absolute Gasteiger partial charge is 0.308 e. The molecular weight excluding hydrogens is 292 g/mol. The van der Waals surface area contributed by atoms with E-state index in [1.807, 2.05) is 26.0 Å². The third kappa shape index (κ3) is 4.13. The van der Waals surface area contributed by atoms with Crippen molar-refractivity contribution in [3.8, 4) is 0 Å². The summed E-state index contributed by atoms with van der Waals surface area (Å²) in [4.78, 5) is 5.48. The van der Waals surface area contributed by atoms with Crippen LogP contribution in [-0.2, 0) is 16.4 Å². The Morgan fingerprint density at radius 2 is 2.00 bits per heavy atom. The van der Waals surface area contributed by atoms with Crippen LogP contribution < -0.4 is 5.32 Å². The van der Waals surface area contributed by atoms with Crippen LogP contribution in [-0.4, -0.2) is 25.2 Å². The molecule has 1 atom stereocenters. The minimum Gasteiger partial charge on any atom is -0.308 e. The molecule has 1 unspecified atom stereocenters. The van der Waals surface area contributed by atoms with Crippen LogP contribution in [0.2, 0.25) is 0 Å². The second-order valence-corrected chi connectivity index (χ2v) is 7.85. The van der Waals surface area contributed by atoms with E-state index in [1.165, 1.54) is 0 Å². The van der Waals surface area contributed by atoms with Crippen LogP contribution in [0.15, 0.2) is 40.9 Å². The molecule has 1 heterocycles. The van der Waals surface area contributed by atoms with Crippen molar-refractivity contribution < 1.29 is 8.42 Å². The van der Waals surface area contributed by atoms with Crippen molar-refractivity contribution in [3.63, 3.8) is 0 Å². The van der Waals surface area contributed by atoms with Gasteiger partial charge in [-0.25, -0.2) is 8.42 Å².